The molecule has 0 aliphatic carbocycles. The maximum atomic E-state index is 15.5. The van der Waals surface area contributed by atoms with Crippen molar-refractivity contribution in [3.05, 3.63) is 42.0 Å². The third kappa shape index (κ3) is 9.31. The molecule has 4 rings (SSSR count). The number of halogens is 1. The second-order valence-corrected chi connectivity index (χ2v) is 18.6. The fourth-order valence-electron chi connectivity index (χ4n) is 4.95. The minimum atomic E-state index is -2.02. The number of carboxylic acids is 1. The molecule has 0 spiro atoms. The van der Waals surface area contributed by atoms with Gasteiger partial charge in [-0.3, -0.25) is 4.79 Å². The number of hydrogen-bond acceptors (Lipinski definition) is 9. The Labute approximate surface area is 267 Å². The van der Waals surface area contributed by atoms with Gasteiger partial charge in [0.05, 0.1) is 37.9 Å². The monoisotopic (exact) mass is 644 g/mol. The predicted molar refractivity (Wildman–Crippen MR) is 174 cm³/mol. The number of carboxylic acid groups (broad SMARTS) is 1. The molecule has 12 heteroatoms. The van der Waals surface area contributed by atoms with Crippen LogP contribution in [0.5, 0.6) is 0 Å². The third-order valence-corrected chi connectivity index (χ3v) is 13.5. The molecule has 4 atom stereocenters. The second-order valence-electron chi connectivity index (χ2n) is 13.8. The van der Waals surface area contributed by atoms with Crippen molar-refractivity contribution in [3.63, 3.8) is 0 Å². The normalized spacial score (nSPS) is 19.4. The lowest BCUT2D eigenvalue weighted by Gasteiger charge is -2.36. The van der Waals surface area contributed by atoms with Gasteiger partial charge in [0.2, 0.25) is 5.95 Å². The van der Waals surface area contributed by atoms with Crippen LogP contribution < -0.4 is 4.90 Å². The predicted octanol–water partition coefficient (Wildman–Crippen LogP) is 6.66. The number of carbonyl (C=O) groups is 1. The first-order valence-corrected chi connectivity index (χ1v) is 18.8. The van der Waals surface area contributed by atoms with E-state index in [9.17, 15) is 9.90 Å². The van der Waals surface area contributed by atoms with Gasteiger partial charge in [-0.25, -0.2) is 14.4 Å². The van der Waals surface area contributed by atoms with Crippen LogP contribution in [-0.4, -0.2) is 73.8 Å². The van der Waals surface area contributed by atoms with E-state index in [2.05, 4.69) is 49.0 Å². The summed E-state index contributed by atoms with van der Waals surface area (Å²) in [6.07, 6.45) is 5.86. The van der Waals surface area contributed by atoms with E-state index in [0.717, 1.165) is 25.0 Å². The smallest absolute Gasteiger partial charge is 0.310 e. The molecule has 1 aromatic carbocycles. The Morgan fingerprint density at radius 1 is 1.20 bits per heavy atom. The molecule has 0 amide bonds. The van der Waals surface area contributed by atoms with Gasteiger partial charge >= 0.3 is 5.97 Å². The minimum absolute atomic E-state index is 0.0289. The Morgan fingerprint density at radius 2 is 1.91 bits per heavy atom. The Hall–Kier alpha value is -2.93. The highest BCUT2D eigenvalue weighted by molar-refractivity contribution is 6.74. The van der Waals surface area contributed by atoms with Gasteiger partial charge in [-0.05, 0) is 56.7 Å². The van der Waals surface area contributed by atoms with Gasteiger partial charge in [0.1, 0.15) is 11.9 Å². The van der Waals surface area contributed by atoms with Crippen molar-refractivity contribution in [3.8, 4) is 11.1 Å². The standard InChI is InChI=1S/C33H49FN4O6Si/c1-22(20-42-29-13-8-9-14-41-29)15-28(31(39)40)23(2)44-37-26-18-38(19-26)32-35-16-25(17-36-32)27-12-10-11-24(30(27)34)21-43-45(6,7)33(3,4)5/h10-12,16-17,22-23,28-29H,8-9,13-15,18-21H2,1-7H3,(H,39,40). The van der Waals surface area contributed by atoms with Crippen molar-refractivity contribution in [2.45, 2.75) is 97.4 Å². The molecular weight excluding hydrogens is 595 g/mol. The molecule has 45 heavy (non-hydrogen) atoms. The lowest BCUT2D eigenvalue weighted by Crippen LogP contribution is -2.48. The molecule has 10 nitrogen and oxygen atoms in total. The van der Waals surface area contributed by atoms with Crippen LogP contribution in [0, 0.1) is 17.7 Å². The van der Waals surface area contributed by atoms with Crippen molar-refractivity contribution in [1.29, 1.82) is 0 Å². The quantitative estimate of drug-likeness (QED) is 0.178. The van der Waals surface area contributed by atoms with E-state index in [0.29, 0.717) is 55.4 Å². The van der Waals surface area contributed by atoms with Crippen molar-refractivity contribution in [2.75, 3.05) is 31.2 Å². The molecule has 0 radical (unpaired) electrons. The van der Waals surface area contributed by atoms with Crippen LogP contribution in [0.25, 0.3) is 11.1 Å². The molecule has 2 aliphatic heterocycles. The Bertz CT molecular complexity index is 1310. The summed E-state index contributed by atoms with van der Waals surface area (Å²) in [5, 5.41) is 14.1. The maximum Gasteiger partial charge on any atom is 0.310 e. The Balaban J connectivity index is 1.27. The van der Waals surface area contributed by atoms with Gasteiger partial charge < -0.3 is 28.7 Å². The number of ether oxygens (including phenoxy) is 2. The van der Waals surface area contributed by atoms with Gasteiger partial charge in [-0.15, -0.1) is 0 Å². The van der Waals surface area contributed by atoms with Crippen LogP contribution in [0.15, 0.2) is 35.7 Å². The number of hydrogen-bond donors (Lipinski definition) is 1. The molecule has 248 valence electrons. The first-order chi connectivity index (χ1) is 21.2. The fourth-order valence-corrected chi connectivity index (χ4v) is 5.90. The first kappa shape index (κ1) is 34.9. The molecular formula is C33H49FN4O6Si. The van der Waals surface area contributed by atoms with Gasteiger partial charge in [0.15, 0.2) is 14.6 Å². The lowest BCUT2D eigenvalue weighted by molar-refractivity contribution is -0.170. The van der Waals surface area contributed by atoms with Crippen molar-refractivity contribution >= 4 is 25.9 Å². The SMILES string of the molecule is CC(COC1CCCCO1)CC(C(=O)O)C(C)ON=C1CN(c2ncc(-c3cccc(CO[Si](C)(C)C(C)(C)C)c3F)cn2)C1. The first-order valence-electron chi connectivity index (χ1n) is 15.9. The largest absolute Gasteiger partial charge is 0.481 e. The fraction of sp³-hybridized carbons (Fsp3) is 0.636. The number of anilines is 1. The van der Waals surface area contributed by atoms with Gasteiger partial charge in [-0.1, -0.05) is 51.0 Å². The van der Waals surface area contributed by atoms with Crippen LogP contribution in [0.2, 0.25) is 18.1 Å². The van der Waals surface area contributed by atoms with E-state index in [1.807, 2.05) is 17.9 Å². The van der Waals surface area contributed by atoms with E-state index in [-0.39, 0.29) is 29.7 Å². The minimum Gasteiger partial charge on any atom is -0.481 e. The van der Waals surface area contributed by atoms with Crippen LogP contribution in [0.1, 0.15) is 65.9 Å². The average Bonchev–Trinajstić information content (AvgIpc) is 2.97. The maximum absolute atomic E-state index is 15.5. The highest BCUT2D eigenvalue weighted by Gasteiger charge is 2.37. The number of aromatic nitrogens is 2. The zero-order valence-electron chi connectivity index (χ0n) is 27.7. The molecule has 1 N–H and O–H groups in total. The summed E-state index contributed by atoms with van der Waals surface area (Å²) in [6, 6.07) is 5.30. The van der Waals surface area contributed by atoms with Crippen molar-refractivity contribution in [2.24, 2.45) is 17.0 Å². The highest BCUT2D eigenvalue weighted by atomic mass is 28.4. The van der Waals surface area contributed by atoms with Gasteiger partial charge in [0.25, 0.3) is 0 Å². The zero-order chi connectivity index (χ0) is 32.8. The lowest BCUT2D eigenvalue weighted by atomic mass is 9.92. The Morgan fingerprint density at radius 3 is 2.53 bits per heavy atom. The van der Waals surface area contributed by atoms with E-state index >= 15 is 4.39 Å². The summed E-state index contributed by atoms with van der Waals surface area (Å²) in [7, 11) is -2.02. The molecule has 2 fully saturated rings. The van der Waals surface area contributed by atoms with Crippen molar-refractivity contribution < 1.29 is 33.0 Å². The third-order valence-electron chi connectivity index (χ3n) is 9.04. The van der Waals surface area contributed by atoms with Gasteiger partial charge in [-0.2, -0.15) is 0 Å². The van der Waals surface area contributed by atoms with Crippen LogP contribution in [-0.2, 0) is 30.1 Å². The van der Waals surface area contributed by atoms with E-state index in [4.69, 9.17) is 18.7 Å². The molecule has 2 aliphatic rings. The van der Waals surface area contributed by atoms with Crippen LogP contribution >= 0.6 is 0 Å². The number of oxime groups is 1. The second kappa shape index (κ2) is 15.1. The zero-order valence-corrected chi connectivity index (χ0v) is 28.7. The number of nitrogens with zero attached hydrogens (tertiary/aromatic N) is 4. The summed E-state index contributed by atoms with van der Waals surface area (Å²) in [5.41, 5.74) is 2.30. The topological polar surface area (TPSA) is 116 Å². The molecule has 1 aromatic heterocycles. The number of benzene rings is 1. The van der Waals surface area contributed by atoms with E-state index in [1.165, 1.54) is 0 Å². The van der Waals surface area contributed by atoms with Crippen molar-refractivity contribution in [1.82, 2.24) is 9.97 Å². The summed E-state index contributed by atoms with van der Waals surface area (Å²) < 4.78 is 33.1. The molecule has 0 bridgehead atoms. The van der Waals surface area contributed by atoms with Crippen LogP contribution in [0.3, 0.4) is 0 Å². The summed E-state index contributed by atoms with van der Waals surface area (Å²) >= 11 is 0. The molecule has 4 unspecified atom stereocenters. The molecule has 3 heterocycles. The molecule has 2 aromatic rings. The summed E-state index contributed by atoms with van der Waals surface area (Å²) in [4.78, 5) is 28.4. The van der Waals surface area contributed by atoms with E-state index < -0.39 is 26.3 Å². The summed E-state index contributed by atoms with van der Waals surface area (Å²) in [6.45, 7) is 16.8. The molecule has 0 saturated carbocycles. The highest BCUT2D eigenvalue weighted by Crippen LogP contribution is 2.37. The Kier molecular flexibility index (Phi) is 11.7. The number of aliphatic carboxylic acids is 1. The van der Waals surface area contributed by atoms with Crippen LogP contribution in [0.4, 0.5) is 10.3 Å². The summed E-state index contributed by atoms with van der Waals surface area (Å²) in [5.74, 6) is -1.43. The number of rotatable bonds is 14. The average molecular weight is 645 g/mol. The van der Waals surface area contributed by atoms with Gasteiger partial charge in [0, 0.05) is 35.7 Å². The van der Waals surface area contributed by atoms with E-state index in [1.54, 1.807) is 31.5 Å². The molecule has 2 saturated heterocycles.